The number of carbonyl (C=O) groups excluding carboxylic acids is 3. The molecule has 0 aromatic heterocycles. The summed E-state index contributed by atoms with van der Waals surface area (Å²) in [5, 5.41) is 4.04. The van der Waals surface area contributed by atoms with E-state index >= 15 is 0 Å². The molecule has 1 heterocycles. The molecule has 156 valence electrons. The first-order chi connectivity index (χ1) is 14.6. The minimum absolute atomic E-state index is 0.0281. The first-order valence-electron chi connectivity index (χ1n) is 10.1. The van der Waals surface area contributed by atoms with E-state index in [4.69, 9.17) is 9.47 Å². The zero-order chi connectivity index (χ0) is 21.1. The van der Waals surface area contributed by atoms with Crippen LogP contribution in [0.4, 0.5) is 4.79 Å². The summed E-state index contributed by atoms with van der Waals surface area (Å²) in [6, 6.07) is 10.5. The summed E-state index contributed by atoms with van der Waals surface area (Å²) >= 11 is 0. The van der Waals surface area contributed by atoms with E-state index in [9.17, 15) is 14.4 Å². The molecule has 4 rings (SSSR count). The Morgan fingerprint density at radius 3 is 2.50 bits per heavy atom. The lowest BCUT2D eigenvalue weighted by molar-refractivity contribution is -0.131. The van der Waals surface area contributed by atoms with Crippen molar-refractivity contribution in [2.24, 2.45) is 0 Å². The van der Waals surface area contributed by atoms with Crippen LogP contribution >= 0.6 is 0 Å². The molecule has 0 unspecified atom stereocenters. The van der Waals surface area contributed by atoms with Crippen LogP contribution in [0.25, 0.3) is 16.8 Å². The number of benzene rings is 2. The van der Waals surface area contributed by atoms with E-state index in [0.29, 0.717) is 24.5 Å². The molecular weight excluding hydrogens is 384 g/mol. The van der Waals surface area contributed by atoms with Gasteiger partial charge in [0.2, 0.25) is 0 Å². The molecule has 2 aliphatic rings. The smallest absolute Gasteiger partial charge is 0.331 e. The van der Waals surface area contributed by atoms with E-state index in [-0.39, 0.29) is 11.6 Å². The standard InChI is InChI=1S/C23H24N2O5/c1-29-12-13-30-20-11-10-15(17-8-4-5-9-18(17)20)14-19-21(26)24-23(28)25(22(19)27)16-6-2-3-7-16/h4-5,8-11,14,16H,2-3,6-7,12-13H2,1H3,(H,24,26,28)/b19-14-. The van der Waals surface area contributed by atoms with E-state index in [1.165, 1.54) is 4.90 Å². The van der Waals surface area contributed by atoms with Crippen LogP contribution in [0.2, 0.25) is 0 Å². The Kier molecular flexibility index (Phi) is 5.81. The molecule has 0 bridgehead atoms. The fraction of sp³-hybridized carbons (Fsp3) is 0.348. The third kappa shape index (κ3) is 3.80. The van der Waals surface area contributed by atoms with Gasteiger partial charge in [-0.2, -0.15) is 0 Å². The molecule has 7 heteroatoms. The highest BCUT2D eigenvalue weighted by atomic mass is 16.5. The summed E-state index contributed by atoms with van der Waals surface area (Å²) in [6.45, 7) is 0.889. The maximum Gasteiger partial charge on any atom is 0.331 e. The van der Waals surface area contributed by atoms with Gasteiger partial charge in [-0.15, -0.1) is 0 Å². The molecule has 1 aliphatic carbocycles. The Morgan fingerprint density at radius 2 is 1.77 bits per heavy atom. The number of hydrogen-bond donors (Lipinski definition) is 1. The highest BCUT2D eigenvalue weighted by molar-refractivity contribution is 6.31. The number of hydrogen-bond acceptors (Lipinski definition) is 5. The van der Waals surface area contributed by atoms with Crippen molar-refractivity contribution in [3.05, 3.63) is 47.5 Å². The minimum atomic E-state index is -0.663. The highest BCUT2D eigenvalue weighted by Gasteiger charge is 2.40. The van der Waals surface area contributed by atoms with E-state index < -0.39 is 17.8 Å². The third-order valence-corrected chi connectivity index (χ3v) is 5.59. The van der Waals surface area contributed by atoms with Gasteiger partial charge >= 0.3 is 6.03 Å². The van der Waals surface area contributed by atoms with Gasteiger partial charge in [0.15, 0.2) is 0 Å². The molecule has 4 amide bonds. The number of barbiturate groups is 1. The predicted octanol–water partition coefficient (Wildman–Crippen LogP) is 3.27. The van der Waals surface area contributed by atoms with Crippen LogP contribution in [0.15, 0.2) is 42.0 Å². The number of imide groups is 2. The molecule has 0 spiro atoms. The number of amides is 4. The number of nitrogens with one attached hydrogen (secondary N) is 1. The normalized spacial score (nSPS) is 19.0. The number of rotatable bonds is 6. The SMILES string of the molecule is COCCOc1ccc(/C=C2/C(=O)NC(=O)N(C3CCCC3)C2=O)c2ccccc12. The number of methoxy groups -OCH3 is 1. The lowest BCUT2D eigenvalue weighted by Crippen LogP contribution is -2.57. The maximum absolute atomic E-state index is 13.1. The molecule has 1 saturated heterocycles. The molecule has 2 aromatic rings. The Bertz CT molecular complexity index is 1020. The van der Waals surface area contributed by atoms with Gasteiger partial charge in [0.1, 0.15) is 17.9 Å². The first kappa shape index (κ1) is 20.1. The molecule has 0 atom stereocenters. The molecule has 1 aliphatic heterocycles. The number of fused-ring (bicyclic) bond motifs is 1. The summed E-state index contributed by atoms with van der Waals surface area (Å²) in [6.07, 6.45) is 5.06. The van der Waals surface area contributed by atoms with E-state index in [1.54, 1.807) is 13.2 Å². The first-order valence-corrected chi connectivity index (χ1v) is 10.1. The van der Waals surface area contributed by atoms with Crippen LogP contribution in [0.1, 0.15) is 31.2 Å². The Hall–Kier alpha value is -3.19. The van der Waals surface area contributed by atoms with Gasteiger partial charge in [0, 0.05) is 18.5 Å². The molecule has 1 saturated carbocycles. The highest BCUT2D eigenvalue weighted by Crippen LogP contribution is 2.31. The third-order valence-electron chi connectivity index (χ3n) is 5.59. The van der Waals surface area contributed by atoms with Crippen LogP contribution in [-0.4, -0.2) is 49.1 Å². The van der Waals surface area contributed by atoms with Gasteiger partial charge in [0.25, 0.3) is 11.8 Å². The number of ether oxygens (including phenoxy) is 2. The zero-order valence-corrected chi connectivity index (χ0v) is 16.8. The van der Waals surface area contributed by atoms with Gasteiger partial charge in [-0.1, -0.05) is 43.2 Å². The summed E-state index contributed by atoms with van der Waals surface area (Å²) in [4.78, 5) is 39.0. The minimum Gasteiger partial charge on any atom is -0.491 e. The quantitative estimate of drug-likeness (QED) is 0.451. The van der Waals surface area contributed by atoms with Crippen molar-refractivity contribution in [1.82, 2.24) is 10.2 Å². The van der Waals surface area contributed by atoms with Crippen LogP contribution in [0.3, 0.4) is 0 Å². The summed E-state index contributed by atoms with van der Waals surface area (Å²) < 4.78 is 10.8. The largest absolute Gasteiger partial charge is 0.491 e. The van der Waals surface area contributed by atoms with Crippen molar-refractivity contribution in [3.8, 4) is 5.75 Å². The second-order valence-electron chi connectivity index (χ2n) is 7.47. The number of urea groups is 1. The van der Waals surface area contributed by atoms with E-state index in [1.807, 2.05) is 36.4 Å². The maximum atomic E-state index is 13.1. The molecular formula is C23H24N2O5. The zero-order valence-electron chi connectivity index (χ0n) is 16.8. The van der Waals surface area contributed by atoms with E-state index in [2.05, 4.69) is 5.32 Å². The van der Waals surface area contributed by atoms with Crippen LogP contribution in [0, 0.1) is 0 Å². The average Bonchev–Trinajstić information content (AvgIpc) is 3.26. The van der Waals surface area contributed by atoms with Crippen molar-refractivity contribution >= 4 is 34.7 Å². The van der Waals surface area contributed by atoms with Crippen LogP contribution in [-0.2, 0) is 14.3 Å². The van der Waals surface area contributed by atoms with Gasteiger partial charge in [-0.05, 0) is 35.9 Å². The van der Waals surface area contributed by atoms with Crippen molar-refractivity contribution in [3.63, 3.8) is 0 Å². The second-order valence-corrected chi connectivity index (χ2v) is 7.47. The van der Waals surface area contributed by atoms with Gasteiger partial charge in [-0.25, -0.2) is 4.79 Å². The summed E-state index contributed by atoms with van der Waals surface area (Å²) in [5.41, 5.74) is 0.684. The van der Waals surface area contributed by atoms with Crippen molar-refractivity contribution in [1.29, 1.82) is 0 Å². The fourth-order valence-electron chi connectivity index (χ4n) is 4.10. The average molecular weight is 408 g/mol. The fourth-order valence-corrected chi connectivity index (χ4v) is 4.10. The monoisotopic (exact) mass is 408 g/mol. The molecule has 1 N–H and O–H groups in total. The van der Waals surface area contributed by atoms with Crippen LogP contribution in [0.5, 0.6) is 5.75 Å². The lowest BCUT2D eigenvalue weighted by atomic mass is 9.99. The predicted molar refractivity (Wildman–Crippen MR) is 112 cm³/mol. The Morgan fingerprint density at radius 1 is 1.03 bits per heavy atom. The van der Waals surface area contributed by atoms with Crippen molar-refractivity contribution < 1.29 is 23.9 Å². The summed E-state index contributed by atoms with van der Waals surface area (Å²) in [7, 11) is 1.61. The number of nitrogens with zero attached hydrogens (tertiary/aromatic N) is 1. The molecule has 2 fully saturated rings. The Balaban J connectivity index is 1.71. The molecule has 2 aromatic carbocycles. The van der Waals surface area contributed by atoms with Gasteiger partial charge in [0.05, 0.1) is 6.61 Å². The van der Waals surface area contributed by atoms with Crippen molar-refractivity contribution in [2.45, 2.75) is 31.7 Å². The molecule has 30 heavy (non-hydrogen) atoms. The number of carbonyl (C=O) groups is 3. The second kappa shape index (κ2) is 8.67. The van der Waals surface area contributed by atoms with Crippen LogP contribution < -0.4 is 10.1 Å². The summed E-state index contributed by atoms with van der Waals surface area (Å²) in [5.74, 6) is -0.490. The molecule has 7 nitrogen and oxygen atoms in total. The molecule has 0 radical (unpaired) electrons. The Labute approximate surface area is 174 Å². The van der Waals surface area contributed by atoms with Gasteiger partial charge < -0.3 is 9.47 Å². The van der Waals surface area contributed by atoms with Gasteiger partial charge in [-0.3, -0.25) is 19.8 Å². The van der Waals surface area contributed by atoms with E-state index in [0.717, 1.165) is 36.5 Å². The van der Waals surface area contributed by atoms with Crippen molar-refractivity contribution in [2.75, 3.05) is 20.3 Å². The lowest BCUT2D eigenvalue weighted by Gasteiger charge is -2.31. The topological polar surface area (TPSA) is 84.9 Å².